The van der Waals surface area contributed by atoms with E-state index in [1.54, 1.807) is 0 Å². The molecule has 11 heavy (non-hydrogen) atoms. The zero-order valence-corrected chi connectivity index (χ0v) is 8.19. The third-order valence-electron chi connectivity index (χ3n) is 1.93. The minimum atomic E-state index is 1.12. The maximum Gasteiger partial charge on any atom is 0.253 e. The van der Waals surface area contributed by atoms with Crippen molar-refractivity contribution in [1.29, 1.82) is 0 Å². The van der Waals surface area contributed by atoms with Crippen molar-refractivity contribution in [3.63, 3.8) is 0 Å². The number of imidazole rings is 1. The Morgan fingerprint density at radius 1 is 1.64 bits per heavy atom. The number of aromatic nitrogens is 2. The molecular weight excluding hydrogens is 156 g/mol. The van der Waals surface area contributed by atoms with Crippen LogP contribution in [0, 0.1) is 6.92 Å². The molecule has 0 bridgehead atoms. The van der Waals surface area contributed by atoms with E-state index in [1.165, 1.54) is 11.6 Å². The Morgan fingerprint density at radius 3 is 2.82 bits per heavy atom. The molecule has 0 aliphatic heterocycles. The van der Waals surface area contributed by atoms with Gasteiger partial charge in [-0.1, -0.05) is 0 Å². The van der Waals surface area contributed by atoms with Crippen molar-refractivity contribution in [2.24, 2.45) is 7.05 Å². The molecule has 1 rings (SSSR count). The van der Waals surface area contributed by atoms with Gasteiger partial charge in [-0.05, 0) is 6.26 Å². The van der Waals surface area contributed by atoms with Gasteiger partial charge in [-0.3, -0.25) is 0 Å². The maximum absolute atomic E-state index is 2.27. The minimum Gasteiger partial charge on any atom is -0.237 e. The number of hydrogen-bond acceptors (Lipinski definition) is 1. The van der Waals surface area contributed by atoms with E-state index in [-0.39, 0.29) is 0 Å². The van der Waals surface area contributed by atoms with Crippen LogP contribution in [0.4, 0.5) is 0 Å². The Labute approximate surface area is 72.2 Å². The van der Waals surface area contributed by atoms with Crippen molar-refractivity contribution < 1.29 is 4.57 Å². The fraction of sp³-hybridized carbons (Fsp3) is 0.625. The molecule has 0 N–H and O–H groups in total. The predicted molar refractivity (Wildman–Crippen MR) is 48.7 cm³/mol. The summed E-state index contributed by atoms with van der Waals surface area (Å²) in [6.45, 7) is 3.26. The molecular formula is C8H15N2S+. The summed E-state index contributed by atoms with van der Waals surface area (Å²) < 4.78 is 4.41. The first-order valence-electron chi connectivity index (χ1n) is 3.76. The zero-order valence-electron chi connectivity index (χ0n) is 7.37. The second-order valence-electron chi connectivity index (χ2n) is 2.64. The van der Waals surface area contributed by atoms with E-state index in [0.29, 0.717) is 0 Å². The fourth-order valence-electron chi connectivity index (χ4n) is 1.02. The van der Waals surface area contributed by atoms with Crippen LogP contribution in [0.15, 0.2) is 12.4 Å². The van der Waals surface area contributed by atoms with Gasteiger partial charge in [0.25, 0.3) is 5.82 Å². The molecule has 0 saturated heterocycles. The Bertz CT molecular complexity index is 230. The molecule has 0 aliphatic carbocycles. The summed E-state index contributed by atoms with van der Waals surface area (Å²) in [6.07, 6.45) is 6.36. The zero-order chi connectivity index (χ0) is 8.27. The van der Waals surface area contributed by atoms with Crippen molar-refractivity contribution in [3.8, 4) is 0 Å². The molecule has 1 aromatic heterocycles. The molecule has 0 aromatic carbocycles. The Morgan fingerprint density at radius 2 is 2.36 bits per heavy atom. The lowest BCUT2D eigenvalue weighted by Crippen LogP contribution is -2.29. The van der Waals surface area contributed by atoms with Gasteiger partial charge in [0, 0.05) is 12.7 Å². The van der Waals surface area contributed by atoms with E-state index >= 15 is 0 Å². The molecule has 0 fully saturated rings. The third kappa shape index (κ3) is 1.99. The lowest BCUT2D eigenvalue weighted by molar-refractivity contribution is -0.677. The van der Waals surface area contributed by atoms with Crippen LogP contribution in [0.1, 0.15) is 5.82 Å². The van der Waals surface area contributed by atoms with Crippen molar-refractivity contribution >= 4 is 11.8 Å². The maximum atomic E-state index is 2.27. The van der Waals surface area contributed by atoms with Crippen LogP contribution in [-0.4, -0.2) is 16.6 Å². The second kappa shape index (κ2) is 3.81. The smallest absolute Gasteiger partial charge is 0.237 e. The average Bonchev–Trinajstić information content (AvgIpc) is 2.31. The molecule has 0 spiro atoms. The monoisotopic (exact) mass is 171 g/mol. The lowest BCUT2D eigenvalue weighted by Gasteiger charge is -1.95. The quantitative estimate of drug-likeness (QED) is 0.616. The van der Waals surface area contributed by atoms with Crippen molar-refractivity contribution in [2.45, 2.75) is 13.5 Å². The molecule has 1 aromatic rings. The van der Waals surface area contributed by atoms with Gasteiger partial charge in [-0.25, -0.2) is 9.13 Å². The highest BCUT2D eigenvalue weighted by atomic mass is 32.2. The van der Waals surface area contributed by atoms with Crippen molar-refractivity contribution in [3.05, 3.63) is 18.2 Å². The van der Waals surface area contributed by atoms with Gasteiger partial charge in [0.2, 0.25) is 0 Å². The average molecular weight is 171 g/mol. The number of rotatable bonds is 3. The van der Waals surface area contributed by atoms with Crippen LogP contribution in [0.5, 0.6) is 0 Å². The standard InChI is InChI=1S/C8H15N2S/c1-8-9(2)4-5-10(8)6-7-11-3/h4-5H,6-7H2,1-3H3/q+1. The van der Waals surface area contributed by atoms with E-state index in [4.69, 9.17) is 0 Å². The fourth-order valence-corrected chi connectivity index (χ4v) is 1.40. The van der Waals surface area contributed by atoms with Crippen LogP contribution < -0.4 is 4.57 Å². The topological polar surface area (TPSA) is 8.81 Å². The molecule has 0 atom stereocenters. The number of aryl methyl sites for hydroxylation is 2. The van der Waals surface area contributed by atoms with Crippen LogP contribution in [0.3, 0.4) is 0 Å². The molecule has 3 heteroatoms. The van der Waals surface area contributed by atoms with Crippen LogP contribution in [-0.2, 0) is 13.6 Å². The lowest BCUT2D eigenvalue weighted by atomic mass is 10.6. The molecule has 1 heterocycles. The Hall–Kier alpha value is -0.440. The van der Waals surface area contributed by atoms with Gasteiger partial charge in [0.15, 0.2) is 0 Å². The molecule has 0 radical (unpaired) electrons. The number of thioether (sulfide) groups is 1. The summed E-state index contributed by atoms with van der Waals surface area (Å²) in [6, 6.07) is 0. The summed E-state index contributed by atoms with van der Waals surface area (Å²) in [5.41, 5.74) is 0. The number of hydrogen-bond donors (Lipinski definition) is 0. The van der Waals surface area contributed by atoms with Crippen LogP contribution in [0.2, 0.25) is 0 Å². The Balaban J connectivity index is 2.63. The van der Waals surface area contributed by atoms with E-state index in [9.17, 15) is 0 Å². The highest BCUT2D eigenvalue weighted by Crippen LogP contribution is 1.97. The Kier molecular flexibility index (Phi) is 3.00. The second-order valence-corrected chi connectivity index (χ2v) is 3.63. The van der Waals surface area contributed by atoms with Crippen molar-refractivity contribution in [1.82, 2.24) is 4.57 Å². The van der Waals surface area contributed by atoms with E-state index < -0.39 is 0 Å². The van der Waals surface area contributed by atoms with Gasteiger partial charge in [-0.2, -0.15) is 11.8 Å². The third-order valence-corrected chi connectivity index (χ3v) is 2.52. The van der Waals surface area contributed by atoms with Crippen LogP contribution >= 0.6 is 11.8 Å². The highest BCUT2D eigenvalue weighted by molar-refractivity contribution is 7.98. The van der Waals surface area contributed by atoms with E-state index in [0.717, 1.165) is 6.54 Å². The van der Waals surface area contributed by atoms with E-state index in [1.807, 2.05) is 11.8 Å². The summed E-state index contributed by atoms with van der Waals surface area (Å²) in [5, 5.41) is 0. The van der Waals surface area contributed by atoms with E-state index in [2.05, 4.69) is 41.8 Å². The van der Waals surface area contributed by atoms with Gasteiger partial charge < -0.3 is 0 Å². The molecule has 0 amide bonds. The van der Waals surface area contributed by atoms with Gasteiger partial charge in [0.1, 0.15) is 12.4 Å². The van der Waals surface area contributed by atoms with Crippen LogP contribution in [0.25, 0.3) is 0 Å². The first-order valence-corrected chi connectivity index (χ1v) is 5.15. The molecule has 0 aliphatic rings. The highest BCUT2D eigenvalue weighted by Gasteiger charge is 2.06. The first kappa shape index (κ1) is 8.65. The molecule has 0 unspecified atom stereocenters. The van der Waals surface area contributed by atoms with Gasteiger partial charge in [0.05, 0.1) is 13.6 Å². The largest absolute Gasteiger partial charge is 0.253 e. The predicted octanol–water partition coefficient (Wildman–Crippen LogP) is 0.984. The molecule has 0 saturated carbocycles. The molecule has 62 valence electrons. The summed E-state index contributed by atoms with van der Waals surface area (Å²) in [7, 11) is 2.07. The number of nitrogens with zero attached hydrogens (tertiary/aromatic N) is 2. The minimum absolute atomic E-state index is 1.12. The van der Waals surface area contributed by atoms with Gasteiger partial charge in [-0.15, -0.1) is 0 Å². The SMILES string of the molecule is CSCCn1cc[n+](C)c1C. The molecule has 2 nitrogen and oxygen atoms in total. The summed E-state index contributed by atoms with van der Waals surface area (Å²) in [4.78, 5) is 0. The van der Waals surface area contributed by atoms with Crippen molar-refractivity contribution in [2.75, 3.05) is 12.0 Å². The first-order chi connectivity index (χ1) is 5.25. The summed E-state index contributed by atoms with van der Waals surface area (Å²) in [5.74, 6) is 2.51. The summed E-state index contributed by atoms with van der Waals surface area (Å²) >= 11 is 1.88. The normalized spacial score (nSPS) is 10.5. The van der Waals surface area contributed by atoms with Gasteiger partial charge >= 0.3 is 0 Å².